The Labute approximate surface area is 164 Å². The molecule has 0 spiro atoms. The van der Waals surface area contributed by atoms with Gasteiger partial charge in [-0.05, 0) is 43.5 Å². The van der Waals surface area contributed by atoms with E-state index in [-0.39, 0.29) is 5.70 Å². The van der Waals surface area contributed by atoms with E-state index in [1.807, 2.05) is 51.1 Å². The number of ether oxygens (including phenoxy) is 1. The highest BCUT2D eigenvalue weighted by Crippen LogP contribution is 2.21. The van der Waals surface area contributed by atoms with Crippen molar-refractivity contribution in [2.24, 2.45) is 0 Å². The van der Waals surface area contributed by atoms with Gasteiger partial charge in [0.15, 0.2) is 6.61 Å². The Morgan fingerprint density at radius 1 is 1.00 bits per heavy atom. The second-order valence-corrected chi connectivity index (χ2v) is 6.55. The van der Waals surface area contributed by atoms with E-state index in [0.29, 0.717) is 5.69 Å². The number of carbonyl (C=O) groups is 3. The molecule has 0 aliphatic heterocycles. The first-order chi connectivity index (χ1) is 13.3. The summed E-state index contributed by atoms with van der Waals surface area (Å²) in [6.07, 6.45) is 1.50. The molecule has 0 radical (unpaired) electrons. The van der Waals surface area contributed by atoms with Gasteiger partial charge in [0.05, 0.1) is 0 Å². The largest absolute Gasteiger partial charge is 0.451 e. The number of anilines is 1. The molecule has 6 heteroatoms. The number of nitrogens with one attached hydrogen (secondary N) is 2. The van der Waals surface area contributed by atoms with E-state index in [1.165, 1.54) is 13.0 Å². The van der Waals surface area contributed by atoms with Gasteiger partial charge < -0.3 is 15.4 Å². The second-order valence-electron chi connectivity index (χ2n) is 6.55. The SMILES string of the molecule is CC(=O)N/C(=C/c1ccccc1)C(=O)OCC(=O)Nc1c(C)cc(C)cc1C. The van der Waals surface area contributed by atoms with Gasteiger partial charge in [-0.1, -0.05) is 48.0 Å². The fourth-order valence-electron chi connectivity index (χ4n) is 2.81. The second kappa shape index (κ2) is 9.50. The van der Waals surface area contributed by atoms with Crippen LogP contribution in [0.2, 0.25) is 0 Å². The normalized spacial score (nSPS) is 10.9. The smallest absolute Gasteiger partial charge is 0.355 e. The van der Waals surface area contributed by atoms with Crippen LogP contribution < -0.4 is 10.6 Å². The Bertz CT molecular complexity index is 894. The summed E-state index contributed by atoms with van der Waals surface area (Å²) in [6, 6.07) is 12.9. The molecule has 0 aliphatic rings. The number of amides is 2. The van der Waals surface area contributed by atoms with Gasteiger partial charge in [0.25, 0.3) is 5.91 Å². The van der Waals surface area contributed by atoms with E-state index in [2.05, 4.69) is 10.6 Å². The number of aryl methyl sites for hydroxylation is 3. The van der Waals surface area contributed by atoms with Crippen LogP contribution in [-0.4, -0.2) is 24.4 Å². The van der Waals surface area contributed by atoms with Crippen LogP contribution in [0.25, 0.3) is 6.08 Å². The molecule has 0 atom stereocenters. The van der Waals surface area contributed by atoms with Gasteiger partial charge in [-0.2, -0.15) is 0 Å². The molecule has 2 N–H and O–H groups in total. The first-order valence-electron chi connectivity index (χ1n) is 8.85. The third-order valence-corrected chi connectivity index (χ3v) is 3.92. The number of rotatable bonds is 6. The van der Waals surface area contributed by atoms with Crippen molar-refractivity contribution in [2.45, 2.75) is 27.7 Å². The number of benzene rings is 2. The minimum Gasteiger partial charge on any atom is -0.451 e. The fourth-order valence-corrected chi connectivity index (χ4v) is 2.81. The van der Waals surface area contributed by atoms with Crippen LogP contribution in [0.5, 0.6) is 0 Å². The summed E-state index contributed by atoms with van der Waals surface area (Å²) >= 11 is 0. The molecule has 2 aromatic rings. The summed E-state index contributed by atoms with van der Waals surface area (Å²) in [5.74, 6) is -1.65. The molecule has 2 rings (SSSR count). The lowest BCUT2D eigenvalue weighted by atomic mass is 10.1. The van der Waals surface area contributed by atoms with Crippen LogP contribution in [-0.2, 0) is 19.1 Å². The Hall–Kier alpha value is -3.41. The zero-order chi connectivity index (χ0) is 20.7. The summed E-state index contributed by atoms with van der Waals surface area (Å²) in [5, 5.41) is 5.21. The fraction of sp³-hybridized carbons (Fsp3) is 0.227. The van der Waals surface area contributed by atoms with Gasteiger partial charge >= 0.3 is 5.97 Å². The number of hydrogen-bond acceptors (Lipinski definition) is 4. The van der Waals surface area contributed by atoms with Crippen molar-refractivity contribution in [3.05, 3.63) is 70.4 Å². The lowest BCUT2D eigenvalue weighted by Crippen LogP contribution is -2.29. The molecular formula is C22H24N2O4. The van der Waals surface area contributed by atoms with E-state index in [0.717, 1.165) is 22.3 Å². The monoisotopic (exact) mass is 380 g/mol. The molecule has 2 aromatic carbocycles. The molecule has 0 saturated heterocycles. The van der Waals surface area contributed by atoms with E-state index >= 15 is 0 Å². The summed E-state index contributed by atoms with van der Waals surface area (Å²) in [5.41, 5.74) is 4.35. The van der Waals surface area contributed by atoms with E-state index in [4.69, 9.17) is 4.74 Å². The number of esters is 1. The predicted octanol–water partition coefficient (Wildman–Crippen LogP) is 3.27. The quantitative estimate of drug-likeness (QED) is 0.595. The van der Waals surface area contributed by atoms with Gasteiger partial charge in [-0.3, -0.25) is 9.59 Å². The molecule has 0 bridgehead atoms. The maximum absolute atomic E-state index is 12.3. The van der Waals surface area contributed by atoms with Crippen molar-refractivity contribution in [1.29, 1.82) is 0 Å². The van der Waals surface area contributed by atoms with Crippen molar-refractivity contribution < 1.29 is 19.1 Å². The molecule has 0 fully saturated rings. The van der Waals surface area contributed by atoms with Crippen molar-refractivity contribution in [2.75, 3.05) is 11.9 Å². The van der Waals surface area contributed by atoms with Crippen LogP contribution >= 0.6 is 0 Å². The molecule has 28 heavy (non-hydrogen) atoms. The van der Waals surface area contributed by atoms with Crippen LogP contribution in [0.15, 0.2) is 48.2 Å². The van der Waals surface area contributed by atoms with Crippen molar-refractivity contribution >= 4 is 29.5 Å². The van der Waals surface area contributed by atoms with Crippen LogP contribution in [0.1, 0.15) is 29.2 Å². The molecule has 0 unspecified atom stereocenters. The number of carbonyl (C=O) groups excluding carboxylic acids is 3. The summed E-state index contributed by atoms with van der Waals surface area (Å²) < 4.78 is 5.08. The average molecular weight is 380 g/mol. The van der Waals surface area contributed by atoms with Crippen molar-refractivity contribution in [1.82, 2.24) is 5.32 Å². The third kappa shape index (κ3) is 6.09. The predicted molar refractivity (Wildman–Crippen MR) is 108 cm³/mol. The lowest BCUT2D eigenvalue weighted by molar-refractivity contribution is -0.144. The summed E-state index contributed by atoms with van der Waals surface area (Å²) in [7, 11) is 0. The highest BCUT2D eigenvalue weighted by Gasteiger charge is 2.16. The molecular weight excluding hydrogens is 356 g/mol. The topological polar surface area (TPSA) is 84.5 Å². The van der Waals surface area contributed by atoms with E-state index in [1.54, 1.807) is 12.1 Å². The van der Waals surface area contributed by atoms with Crippen LogP contribution in [0.3, 0.4) is 0 Å². The maximum Gasteiger partial charge on any atom is 0.355 e. The zero-order valence-corrected chi connectivity index (χ0v) is 16.5. The Morgan fingerprint density at radius 2 is 1.61 bits per heavy atom. The minimum atomic E-state index is -0.786. The minimum absolute atomic E-state index is 0.0332. The third-order valence-electron chi connectivity index (χ3n) is 3.92. The van der Waals surface area contributed by atoms with Gasteiger partial charge in [-0.25, -0.2) is 4.79 Å². The Balaban J connectivity index is 2.05. The molecule has 0 aromatic heterocycles. The first kappa shape index (κ1) is 20.9. The average Bonchev–Trinajstić information content (AvgIpc) is 2.62. The lowest BCUT2D eigenvalue weighted by Gasteiger charge is -2.13. The maximum atomic E-state index is 12.3. The molecule has 0 heterocycles. The summed E-state index contributed by atoms with van der Waals surface area (Å²) in [6.45, 7) is 6.62. The summed E-state index contributed by atoms with van der Waals surface area (Å²) in [4.78, 5) is 35.9. The Kier molecular flexibility index (Phi) is 7.09. The molecule has 0 aliphatic carbocycles. The van der Waals surface area contributed by atoms with Crippen LogP contribution in [0, 0.1) is 20.8 Å². The van der Waals surface area contributed by atoms with Gasteiger partial charge in [0.2, 0.25) is 5.91 Å². The van der Waals surface area contributed by atoms with E-state index in [9.17, 15) is 14.4 Å². The zero-order valence-electron chi connectivity index (χ0n) is 16.5. The number of hydrogen-bond donors (Lipinski definition) is 2. The molecule has 146 valence electrons. The molecule has 0 saturated carbocycles. The Morgan fingerprint density at radius 3 is 2.18 bits per heavy atom. The standard InChI is InChI=1S/C22H24N2O4/c1-14-10-15(2)21(16(3)11-14)24-20(26)13-28-22(27)19(23-17(4)25)12-18-8-6-5-7-9-18/h5-12H,13H2,1-4H3,(H,23,25)(H,24,26)/b19-12+. The van der Waals surface area contributed by atoms with Gasteiger partial charge in [-0.15, -0.1) is 0 Å². The van der Waals surface area contributed by atoms with Gasteiger partial charge in [0.1, 0.15) is 5.70 Å². The molecule has 6 nitrogen and oxygen atoms in total. The van der Waals surface area contributed by atoms with Crippen molar-refractivity contribution in [3.8, 4) is 0 Å². The highest BCUT2D eigenvalue weighted by molar-refractivity contribution is 6.00. The van der Waals surface area contributed by atoms with Gasteiger partial charge in [0, 0.05) is 12.6 Å². The molecule has 2 amide bonds. The first-order valence-corrected chi connectivity index (χ1v) is 8.85. The van der Waals surface area contributed by atoms with Crippen molar-refractivity contribution in [3.63, 3.8) is 0 Å². The highest BCUT2D eigenvalue weighted by atomic mass is 16.5. The van der Waals surface area contributed by atoms with Crippen LogP contribution in [0.4, 0.5) is 5.69 Å². The van der Waals surface area contributed by atoms with E-state index < -0.39 is 24.4 Å².